The number of hydrogen-bond donors (Lipinski definition) is 1. The molecule has 0 aromatic carbocycles. The van der Waals surface area contributed by atoms with E-state index in [1.165, 1.54) is 6.42 Å². The number of piperidine rings is 1. The number of allylic oxidation sites excluding steroid dienone is 2. The third-order valence-electron chi connectivity index (χ3n) is 4.79. The quantitative estimate of drug-likeness (QED) is 0.777. The molecule has 2 fully saturated rings. The SMILES string of the molecule is O=C(C1CC2C=CC1C2)N1CCC(OCCO)CC1. The zero-order valence-electron chi connectivity index (χ0n) is 11.3. The van der Waals surface area contributed by atoms with Gasteiger partial charge in [-0.2, -0.15) is 0 Å². The molecule has 1 saturated carbocycles. The molecular weight excluding hydrogens is 242 g/mol. The molecule has 3 atom stereocenters. The van der Waals surface area contributed by atoms with Crippen LogP contribution in [-0.4, -0.2) is 48.3 Å². The fourth-order valence-corrected chi connectivity index (χ4v) is 3.76. The average molecular weight is 265 g/mol. The molecule has 2 aliphatic carbocycles. The van der Waals surface area contributed by atoms with Gasteiger partial charge in [0.1, 0.15) is 0 Å². The molecule has 106 valence electrons. The van der Waals surface area contributed by atoms with Gasteiger partial charge in [0.25, 0.3) is 0 Å². The van der Waals surface area contributed by atoms with E-state index < -0.39 is 0 Å². The van der Waals surface area contributed by atoms with Gasteiger partial charge in [-0.15, -0.1) is 0 Å². The van der Waals surface area contributed by atoms with Gasteiger partial charge in [-0.05, 0) is 37.5 Å². The first-order valence-electron chi connectivity index (χ1n) is 7.47. The summed E-state index contributed by atoms with van der Waals surface area (Å²) in [7, 11) is 0. The standard InChI is InChI=1S/C15H23NO3/c17-7-8-19-13-3-5-16(6-4-13)15(18)14-10-11-1-2-12(14)9-11/h1-2,11-14,17H,3-10H2. The maximum absolute atomic E-state index is 12.5. The zero-order valence-corrected chi connectivity index (χ0v) is 11.3. The van der Waals surface area contributed by atoms with Crippen molar-refractivity contribution in [1.82, 2.24) is 4.90 Å². The van der Waals surface area contributed by atoms with Crippen LogP contribution in [0.4, 0.5) is 0 Å². The van der Waals surface area contributed by atoms with Crippen LogP contribution in [0.25, 0.3) is 0 Å². The largest absolute Gasteiger partial charge is 0.394 e. The summed E-state index contributed by atoms with van der Waals surface area (Å²) in [6.45, 7) is 2.12. The van der Waals surface area contributed by atoms with E-state index in [1.54, 1.807) is 0 Å². The molecule has 0 spiro atoms. The Balaban J connectivity index is 1.49. The van der Waals surface area contributed by atoms with Crippen LogP contribution in [0.5, 0.6) is 0 Å². The lowest BCUT2D eigenvalue weighted by Gasteiger charge is -2.34. The maximum Gasteiger partial charge on any atom is 0.226 e. The number of aliphatic hydroxyl groups is 1. The van der Waals surface area contributed by atoms with Crippen molar-refractivity contribution in [3.63, 3.8) is 0 Å². The van der Waals surface area contributed by atoms with Crippen LogP contribution in [0, 0.1) is 17.8 Å². The first kappa shape index (κ1) is 13.1. The highest BCUT2D eigenvalue weighted by molar-refractivity contribution is 5.80. The summed E-state index contributed by atoms with van der Waals surface area (Å²) in [5, 5.41) is 8.75. The van der Waals surface area contributed by atoms with Gasteiger partial charge < -0.3 is 14.7 Å². The minimum absolute atomic E-state index is 0.0800. The summed E-state index contributed by atoms with van der Waals surface area (Å²) >= 11 is 0. The molecule has 2 bridgehead atoms. The number of nitrogens with zero attached hydrogens (tertiary/aromatic N) is 1. The molecule has 0 aromatic heterocycles. The van der Waals surface area contributed by atoms with E-state index in [9.17, 15) is 4.79 Å². The lowest BCUT2D eigenvalue weighted by Crippen LogP contribution is -2.44. The van der Waals surface area contributed by atoms with Crippen molar-refractivity contribution < 1.29 is 14.6 Å². The van der Waals surface area contributed by atoms with Gasteiger partial charge in [-0.1, -0.05) is 12.2 Å². The highest BCUT2D eigenvalue weighted by atomic mass is 16.5. The van der Waals surface area contributed by atoms with Gasteiger partial charge in [0.15, 0.2) is 0 Å². The number of ether oxygens (including phenoxy) is 1. The molecule has 3 rings (SSSR count). The fraction of sp³-hybridized carbons (Fsp3) is 0.800. The Kier molecular flexibility index (Phi) is 3.89. The van der Waals surface area contributed by atoms with Crippen LogP contribution in [-0.2, 0) is 9.53 Å². The van der Waals surface area contributed by atoms with Gasteiger partial charge in [0.2, 0.25) is 5.91 Å². The monoisotopic (exact) mass is 265 g/mol. The summed E-state index contributed by atoms with van der Waals surface area (Å²) in [5.74, 6) is 1.76. The molecule has 19 heavy (non-hydrogen) atoms. The molecule has 1 aliphatic heterocycles. The van der Waals surface area contributed by atoms with E-state index in [-0.39, 0.29) is 18.6 Å². The van der Waals surface area contributed by atoms with Crippen molar-refractivity contribution >= 4 is 5.91 Å². The minimum Gasteiger partial charge on any atom is -0.394 e. The van der Waals surface area contributed by atoms with Gasteiger partial charge in [0.05, 0.1) is 19.3 Å². The van der Waals surface area contributed by atoms with E-state index in [1.807, 2.05) is 4.90 Å². The van der Waals surface area contributed by atoms with Crippen molar-refractivity contribution in [2.75, 3.05) is 26.3 Å². The average Bonchev–Trinajstić information content (AvgIpc) is 3.07. The molecular formula is C15H23NO3. The Bertz CT molecular complexity index is 360. The van der Waals surface area contributed by atoms with Crippen molar-refractivity contribution in [1.29, 1.82) is 0 Å². The van der Waals surface area contributed by atoms with Crippen LogP contribution in [0.2, 0.25) is 0 Å². The lowest BCUT2D eigenvalue weighted by atomic mass is 9.91. The Morgan fingerprint density at radius 3 is 2.63 bits per heavy atom. The van der Waals surface area contributed by atoms with Crippen molar-refractivity contribution in [2.24, 2.45) is 17.8 Å². The summed E-state index contributed by atoms with van der Waals surface area (Å²) in [5.41, 5.74) is 0. The normalized spacial score (nSPS) is 34.2. The smallest absolute Gasteiger partial charge is 0.226 e. The third kappa shape index (κ3) is 2.70. The molecule has 3 aliphatic rings. The van der Waals surface area contributed by atoms with Gasteiger partial charge in [-0.3, -0.25) is 4.79 Å². The van der Waals surface area contributed by atoms with E-state index in [0.29, 0.717) is 24.3 Å². The molecule has 1 saturated heterocycles. The van der Waals surface area contributed by atoms with Crippen molar-refractivity contribution in [3.05, 3.63) is 12.2 Å². The summed E-state index contributed by atoms with van der Waals surface area (Å²) in [6.07, 6.45) is 8.80. The number of fused-ring (bicyclic) bond motifs is 2. The van der Waals surface area contributed by atoms with E-state index in [4.69, 9.17) is 9.84 Å². The number of amides is 1. The Labute approximate surface area is 114 Å². The second-order valence-electron chi connectivity index (χ2n) is 6.01. The fourth-order valence-electron chi connectivity index (χ4n) is 3.76. The molecule has 1 heterocycles. The van der Waals surface area contributed by atoms with Gasteiger partial charge in [0, 0.05) is 19.0 Å². The van der Waals surface area contributed by atoms with E-state index in [2.05, 4.69) is 12.2 Å². The van der Waals surface area contributed by atoms with Crippen LogP contribution in [0.1, 0.15) is 25.7 Å². The zero-order chi connectivity index (χ0) is 13.2. The second-order valence-corrected chi connectivity index (χ2v) is 6.01. The molecule has 4 nitrogen and oxygen atoms in total. The minimum atomic E-state index is 0.0800. The van der Waals surface area contributed by atoms with Crippen molar-refractivity contribution in [3.8, 4) is 0 Å². The molecule has 4 heteroatoms. The van der Waals surface area contributed by atoms with Gasteiger partial charge >= 0.3 is 0 Å². The first-order chi connectivity index (χ1) is 9.28. The number of rotatable bonds is 4. The third-order valence-corrected chi connectivity index (χ3v) is 4.79. The second kappa shape index (κ2) is 5.63. The van der Waals surface area contributed by atoms with Crippen molar-refractivity contribution in [2.45, 2.75) is 31.8 Å². The predicted molar refractivity (Wildman–Crippen MR) is 71.5 cm³/mol. The van der Waals surface area contributed by atoms with Crippen LogP contribution in [0.3, 0.4) is 0 Å². The highest BCUT2D eigenvalue weighted by Crippen LogP contribution is 2.44. The van der Waals surface area contributed by atoms with Crippen LogP contribution < -0.4 is 0 Å². The predicted octanol–water partition coefficient (Wildman–Crippen LogP) is 1.20. The Hall–Kier alpha value is -0.870. The summed E-state index contributed by atoms with van der Waals surface area (Å²) < 4.78 is 5.54. The summed E-state index contributed by atoms with van der Waals surface area (Å²) in [4.78, 5) is 14.5. The Morgan fingerprint density at radius 1 is 1.26 bits per heavy atom. The number of hydrogen-bond acceptors (Lipinski definition) is 3. The molecule has 3 unspecified atom stereocenters. The van der Waals surface area contributed by atoms with Gasteiger partial charge in [-0.25, -0.2) is 0 Å². The highest BCUT2D eigenvalue weighted by Gasteiger charge is 2.41. The summed E-state index contributed by atoms with van der Waals surface area (Å²) in [6, 6.07) is 0. The van der Waals surface area contributed by atoms with E-state index in [0.717, 1.165) is 32.4 Å². The number of carbonyl (C=O) groups is 1. The lowest BCUT2D eigenvalue weighted by molar-refractivity contribution is -0.139. The molecule has 1 amide bonds. The molecule has 0 aromatic rings. The topological polar surface area (TPSA) is 49.8 Å². The molecule has 0 radical (unpaired) electrons. The first-order valence-corrected chi connectivity index (χ1v) is 7.47. The maximum atomic E-state index is 12.5. The molecule has 1 N–H and O–H groups in total. The number of likely N-dealkylation sites (tertiary alicyclic amines) is 1. The number of carbonyl (C=O) groups excluding carboxylic acids is 1. The van der Waals surface area contributed by atoms with Crippen LogP contribution >= 0.6 is 0 Å². The van der Waals surface area contributed by atoms with E-state index >= 15 is 0 Å². The number of aliphatic hydroxyl groups excluding tert-OH is 1. The Morgan fingerprint density at radius 2 is 2.05 bits per heavy atom. The van der Waals surface area contributed by atoms with Crippen LogP contribution in [0.15, 0.2) is 12.2 Å².